The van der Waals surface area contributed by atoms with E-state index in [2.05, 4.69) is 31.8 Å². The lowest BCUT2D eigenvalue weighted by Crippen LogP contribution is -2.36. The molecule has 0 aliphatic heterocycles. The van der Waals surface area contributed by atoms with Crippen LogP contribution in [-0.2, 0) is 0 Å². The third-order valence-corrected chi connectivity index (χ3v) is 4.06. The predicted molar refractivity (Wildman–Crippen MR) is 72.6 cm³/mol. The number of likely N-dealkylation sites (N-methyl/N-ethyl adjacent to an activating group) is 1. The molecule has 0 heterocycles. The van der Waals surface area contributed by atoms with Crippen molar-refractivity contribution in [1.82, 2.24) is 5.32 Å². The van der Waals surface area contributed by atoms with Crippen molar-refractivity contribution in [3.8, 4) is 0 Å². The third-order valence-electron chi connectivity index (χ3n) is 4.06. The van der Waals surface area contributed by atoms with Crippen molar-refractivity contribution < 1.29 is 0 Å². The molecule has 0 aromatic carbocycles. The monoisotopic (exact) mass is 223 g/mol. The topological polar surface area (TPSA) is 12.0 Å². The second kappa shape index (κ2) is 7.89. The maximum absolute atomic E-state index is 3.96. The minimum atomic E-state index is 0.553. The van der Waals surface area contributed by atoms with E-state index in [1.54, 1.807) is 0 Å². The van der Waals surface area contributed by atoms with Crippen LogP contribution in [0, 0.1) is 11.8 Å². The van der Waals surface area contributed by atoms with Crippen LogP contribution in [0.25, 0.3) is 0 Å². The van der Waals surface area contributed by atoms with Gasteiger partial charge in [0.25, 0.3) is 0 Å². The van der Waals surface area contributed by atoms with Crippen LogP contribution in [0.3, 0.4) is 0 Å². The molecule has 0 amide bonds. The standard InChI is InChI=1S/C15H29N/c1-4-7-8-13-9-11-14(12-10-13)15(5-2)16-6-3/h5,13-16H,2,4,6-12H2,1,3H3. The van der Waals surface area contributed by atoms with Crippen LogP contribution in [0.1, 0.15) is 58.8 Å². The first-order chi connectivity index (χ1) is 7.81. The van der Waals surface area contributed by atoms with Crippen LogP contribution in [0.2, 0.25) is 0 Å². The highest BCUT2D eigenvalue weighted by Crippen LogP contribution is 2.33. The molecule has 1 atom stereocenters. The fourth-order valence-electron chi connectivity index (χ4n) is 3.01. The second-order valence-corrected chi connectivity index (χ2v) is 5.24. The zero-order valence-corrected chi connectivity index (χ0v) is 11.2. The molecule has 0 radical (unpaired) electrons. The van der Waals surface area contributed by atoms with Crippen molar-refractivity contribution in [2.75, 3.05) is 6.54 Å². The molecule has 0 saturated heterocycles. The molecular formula is C15H29N. The van der Waals surface area contributed by atoms with Gasteiger partial charge in [-0.2, -0.15) is 0 Å². The van der Waals surface area contributed by atoms with Gasteiger partial charge in [-0.3, -0.25) is 0 Å². The smallest absolute Gasteiger partial charge is 0.0275 e. The number of unbranched alkanes of at least 4 members (excludes halogenated alkanes) is 1. The lowest BCUT2D eigenvalue weighted by molar-refractivity contribution is 0.232. The Morgan fingerprint density at radius 3 is 2.44 bits per heavy atom. The van der Waals surface area contributed by atoms with Gasteiger partial charge in [-0.1, -0.05) is 52.0 Å². The van der Waals surface area contributed by atoms with Gasteiger partial charge >= 0.3 is 0 Å². The van der Waals surface area contributed by atoms with Gasteiger partial charge in [0.15, 0.2) is 0 Å². The van der Waals surface area contributed by atoms with E-state index in [-0.39, 0.29) is 0 Å². The van der Waals surface area contributed by atoms with E-state index in [1.807, 2.05) is 0 Å². The Kier molecular flexibility index (Phi) is 6.79. The molecule has 1 aliphatic carbocycles. The first-order valence-electron chi connectivity index (χ1n) is 7.17. The Morgan fingerprint density at radius 2 is 1.94 bits per heavy atom. The average molecular weight is 223 g/mol. The van der Waals surface area contributed by atoms with E-state index < -0.39 is 0 Å². The summed E-state index contributed by atoms with van der Waals surface area (Å²) >= 11 is 0. The normalized spacial score (nSPS) is 27.6. The maximum atomic E-state index is 3.96. The highest BCUT2D eigenvalue weighted by Gasteiger charge is 2.25. The van der Waals surface area contributed by atoms with Gasteiger partial charge < -0.3 is 5.32 Å². The highest BCUT2D eigenvalue weighted by molar-refractivity contribution is 4.92. The molecule has 1 fully saturated rings. The Labute approximate surface area is 102 Å². The minimum Gasteiger partial charge on any atom is -0.311 e. The van der Waals surface area contributed by atoms with Crippen molar-refractivity contribution in [2.24, 2.45) is 11.8 Å². The Balaban J connectivity index is 2.27. The van der Waals surface area contributed by atoms with E-state index in [4.69, 9.17) is 0 Å². The summed E-state index contributed by atoms with van der Waals surface area (Å²) in [6, 6.07) is 0.553. The van der Waals surface area contributed by atoms with Gasteiger partial charge in [-0.25, -0.2) is 0 Å². The summed E-state index contributed by atoms with van der Waals surface area (Å²) in [5.74, 6) is 1.86. The first kappa shape index (κ1) is 13.8. The van der Waals surface area contributed by atoms with Gasteiger partial charge in [-0.15, -0.1) is 6.58 Å². The van der Waals surface area contributed by atoms with Crippen molar-refractivity contribution >= 4 is 0 Å². The molecule has 1 rings (SSSR count). The second-order valence-electron chi connectivity index (χ2n) is 5.24. The summed E-state index contributed by atoms with van der Waals surface area (Å²) in [6.07, 6.45) is 12.0. The minimum absolute atomic E-state index is 0.553. The lowest BCUT2D eigenvalue weighted by Gasteiger charge is -2.33. The van der Waals surface area contributed by atoms with Gasteiger partial charge in [0.2, 0.25) is 0 Å². The summed E-state index contributed by atoms with van der Waals surface area (Å²) in [5.41, 5.74) is 0. The molecular weight excluding hydrogens is 194 g/mol. The van der Waals surface area contributed by atoms with Gasteiger partial charge in [-0.05, 0) is 31.2 Å². The zero-order valence-electron chi connectivity index (χ0n) is 11.2. The van der Waals surface area contributed by atoms with Crippen LogP contribution in [0.4, 0.5) is 0 Å². The van der Waals surface area contributed by atoms with Gasteiger partial charge in [0.05, 0.1) is 0 Å². The van der Waals surface area contributed by atoms with Crippen molar-refractivity contribution in [3.05, 3.63) is 12.7 Å². The molecule has 1 aliphatic rings. The average Bonchev–Trinajstić information content (AvgIpc) is 2.34. The fraction of sp³-hybridized carbons (Fsp3) is 0.867. The van der Waals surface area contributed by atoms with E-state index in [0.29, 0.717) is 6.04 Å². The molecule has 16 heavy (non-hydrogen) atoms. The van der Waals surface area contributed by atoms with E-state index in [0.717, 1.165) is 18.4 Å². The number of hydrogen-bond donors (Lipinski definition) is 1. The number of hydrogen-bond acceptors (Lipinski definition) is 1. The molecule has 1 saturated carbocycles. The summed E-state index contributed by atoms with van der Waals surface area (Å²) in [5, 5.41) is 3.54. The molecule has 0 bridgehead atoms. The number of rotatable bonds is 7. The van der Waals surface area contributed by atoms with Crippen LogP contribution in [0.5, 0.6) is 0 Å². The van der Waals surface area contributed by atoms with Crippen molar-refractivity contribution in [2.45, 2.75) is 64.8 Å². The summed E-state index contributed by atoms with van der Waals surface area (Å²) in [4.78, 5) is 0. The summed E-state index contributed by atoms with van der Waals surface area (Å²) < 4.78 is 0. The molecule has 1 heteroatoms. The summed E-state index contributed by atoms with van der Waals surface area (Å²) in [6.45, 7) is 9.50. The maximum Gasteiger partial charge on any atom is 0.0275 e. The Bertz CT molecular complexity index is 180. The zero-order chi connectivity index (χ0) is 11.8. The van der Waals surface area contributed by atoms with Crippen LogP contribution >= 0.6 is 0 Å². The SMILES string of the molecule is C=CC(NCC)C1CCC(CCCC)CC1. The molecule has 0 spiro atoms. The first-order valence-corrected chi connectivity index (χ1v) is 7.17. The van der Waals surface area contributed by atoms with Crippen molar-refractivity contribution in [3.63, 3.8) is 0 Å². The quantitative estimate of drug-likeness (QED) is 0.639. The Morgan fingerprint density at radius 1 is 1.25 bits per heavy atom. The largest absolute Gasteiger partial charge is 0.311 e. The highest BCUT2D eigenvalue weighted by atomic mass is 14.9. The molecule has 1 nitrogen and oxygen atoms in total. The predicted octanol–water partition coefficient (Wildman–Crippen LogP) is 4.15. The van der Waals surface area contributed by atoms with Crippen LogP contribution in [-0.4, -0.2) is 12.6 Å². The lowest BCUT2D eigenvalue weighted by atomic mass is 9.77. The van der Waals surface area contributed by atoms with Gasteiger partial charge in [0.1, 0.15) is 0 Å². The van der Waals surface area contributed by atoms with E-state index >= 15 is 0 Å². The molecule has 0 aromatic heterocycles. The van der Waals surface area contributed by atoms with E-state index in [9.17, 15) is 0 Å². The third kappa shape index (κ3) is 4.29. The number of nitrogens with one attached hydrogen (secondary N) is 1. The molecule has 1 unspecified atom stereocenters. The van der Waals surface area contributed by atoms with E-state index in [1.165, 1.54) is 44.9 Å². The molecule has 0 aromatic rings. The Hall–Kier alpha value is -0.300. The molecule has 94 valence electrons. The fourth-order valence-corrected chi connectivity index (χ4v) is 3.01. The van der Waals surface area contributed by atoms with Crippen LogP contribution in [0.15, 0.2) is 12.7 Å². The van der Waals surface area contributed by atoms with Crippen molar-refractivity contribution in [1.29, 1.82) is 0 Å². The van der Waals surface area contributed by atoms with Gasteiger partial charge in [0, 0.05) is 6.04 Å². The summed E-state index contributed by atoms with van der Waals surface area (Å²) in [7, 11) is 0. The molecule has 1 N–H and O–H groups in total. The van der Waals surface area contributed by atoms with Crippen LogP contribution < -0.4 is 5.32 Å².